The molecular weight excluding hydrogens is 162 g/mol. The Morgan fingerprint density at radius 1 is 1.31 bits per heavy atom. The fourth-order valence-electron chi connectivity index (χ4n) is 1.78. The molecule has 1 heterocycles. The average molecular weight is 176 g/mol. The summed E-state index contributed by atoms with van der Waals surface area (Å²) in [5.41, 5.74) is 1.09. The first-order chi connectivity index (χ1) is 6.38. The summed E-state index contributed by atoms with van der Waals surface area (Å²) in [6, 6.07) is 0. The van der Waals surface area contributed by atoms with Crippen LogP contribution in [0.25, 0.3) is 0 Å². The molecule has 0 bridgehead atoms. The minimum Gasteiger partial charge on any atom is -0.313 e. The number of rotatable bonds is 1. The summed E-state index contributed by atoms with van der Waals surface area (Å²) >= 11 is 0. The van der Waals surface area contributed by atoms with Gasteiger partial charge in [-0.2, -0.15) is 0 Å². The predicted molar refractivity (Wildman–Crippen MR) is 51.7 cm³/mol. The second-order valence-electron chi connectivity index (χ2n) is 3.46. The lowest BCUT2D eigenvalue weighted by atomic mass is 10.1. The third kappa shape index (κ3) is 1.82. The fourth-order valence-corrected chi connectivity index (χ4v) is 1.78. The maximum absolute atomic E-state index is 11.5. The van der Waals surface area contributed by atoms with Gasteiger partial charge in [0.25, 0.3) is 0 Å². The number of hydrogen-bond acceptors (Lipinski definition) is 1. The Bertz CT molecular complexity index is 265. The van der Waals surface area contributed by atoms with E-state index >= 15 is 0 Å². The van der Waals surface area contributed by atoms with Crippen LogP contribution in [0.5, 0.6) is 0 Å². The SMILES string of the molecule is O=C1CCCCN1C1=CC[CH]C=C1. The van der Waals surface area contributed by atoms with E-state index in [-0.39, 0.29) is 5.91 Å². The van der Waals surface area contributed by atoms with Crippen LogP contribution in [0.4, 0.5) is 0 Å². The van der Waals surface area contributed by atoms with Crippen LogP contribution in [0.1, 0.15) is 25.7 Å². The molecule has 1 radical (unpaired) electrons. The van der Waals surface area contributed by atoms with E-state index in [1.54, 1.807) is 0 Å². The van der Waals surface area contributed by atoms with Gasteiger partial charge in [0.1, 0.15) is 0 Å². The molecule has 1 fully saturated rings. The highest BCUT2D eigenvalue weighted by Gasteiger charge is 2.20. The molecule has 69 valence electrons. The predicted octanol–water partition coefficient (Wildman–Crippen LogP) is 2.05. The smallest absolute Gasteiger partial charge is 0.226 e. The van der Waals surface area contributed by atoms with Crippen molar-refractivity contribution in [2.24, 2.45) is 0 Å². The molecule has 1 saturated heterocycles. The molecule has 13 heavy (non-hydrogen) atoms. The number of hydrogen-bond donors (Lipinski definition) is 0. The Balaban J connectivity index is 2.09. The van der Waals surface area contributed by atoms with Crippen LogP contribution < -0.4 is 0 Å². The lowest BCUT2D eigenvalue weighted by Gasteiger charge is -2.28. The second-order valence-corrected chi connectivity index (χ2v) is 3.46. The zero-order valence-corrected chi connectivity index (χ0v) is 7.70. The highest BCUT2D eigenvalue weighted by Crippen LogP contribution is 2.19. The van der Waals surface area contributed by atoms with Gasteiger partial charge in [0.2, 0.25) is 5.91 Å². The van der Waals surface area contributed by atoms with Crippen LogP contribution >= 0.6 is 0 Å². The number of nitrogens with zero attached hydrogens (tertiary/aromatic N) is 1. The minimum atomic E-state index is 0.282. The highest BCUT2D eigenvalue weighted by molar-refractivity contribution is 5.79. The summed E-state index contributed by atoms with van der Waals surface area (Å²) < 4.78 is 0. The molecule has 2 nitrogen and oxygen atoms in total. The highest BCUT2D eigenvalue weighted by atomic mass is 16.2. The molecule has 1 aliphatic carbocycles. The molecule has 2 aliphatic rings. The first kappa shape index (κ1) is 8.54. The van der Waals surface area contributed by atoms with Crippen LogP contribution in [0, 0.1) is 6.42 Å². The zero-order valence-electron chi connectivity index (χ0n) is 7.70. The largest absolute Gasteiger partial charge is 0.313 e. The van der Waals surface area contributed by atoms with E-state index in [4.69, 9.17) is 0 Å². The summed E-state index contributed by atoms with van der Waals surface area (Å²) in [4.78, 5) is 13.4. The number of likely N-dealkylation sites (tertiary alicyclic amines) is 1. The maximum Gasteiger partial charge on any atom is 0.226 e. The second kappa shape index (κ2) is 3.77. The van der Waals surface area contributed by atoms with Crippen molar-refractivity contribution in [1.82, 2.24) is 4.90 Å². The third-order valence-electron chi connectivity index (χ3n) is 2.50. The first-order valence-corrected chi connectivity index (χ1v) is 4.88. The number of carbonyl (C=O) groups is 1. The Morgan fingerprint density at radius 2 is 2.23 bits per heavy atom. The van der Waals surface area contributed by atoms with Crippen LogP contribution in [-0.4, -0.2) is 17.4 Å². The van der Waals surface area contributed by atoms with E-state index < -0.39 is 0 Å². The van der Waals surface area contributed by atoms with Crippen molar-refractivity contribution in [1.29, 1.82) is 0 Å². The van der Waals surface area contributed by atoms with Crippen molar-refractivity contribution in [3.63, 3.8) is 0 Å². The van der Waals surface area contributed by atoms with Gasteiger partial charge in [-0.15, -0.1) is 0 Å². The lowest BCUT2D eigenvalue weighted by molar-refractivity contribution is -0.130. The summed E-state index contributed by atoms with van der Waals surface area (Å²) in [7, 11) is 0. The average Bonchev–Trinajstić information content (AvgIpc) is 2.20. The number of amides is 1. The van der Waals surface area contributed by atoms with Crippen molar-refractivity contribution in [2.75, 3.05) is 6.54 Å². The Hall–Kier alpha value is -1.05. The first-order valence-electron chi connectivity index (χ1n) is 4.88. The topological polar surface area (TPSA) is 20.3 Å². The van der Waals surface area contributed by atoms with Crippen molar-refractivity contribution in [3.8, 4) is 0 Å². The molecule has 0 aromatic carbocycles. The van der Waals surface area contributed by atoms with Gasteiger partial charge in [-0.3, -0.25) is 4.79 Å². The van der Waals surface area contributed by atoms with Gasteiger partial charge in [-0.25, -0.2) is 0 Å². The minimum absolute atomic E-state index is 0.282. The van der Waals surface area contributed by atoms with Crippen LogP contribution in [0.3, 0.4) is 0 Å². The normalized spacial score (nSPS) is 23.2. The third-order valence-corrected chi connectivity index (χ3v) is 2.50. The van der Waals surface area contributed by atoms with E-state index in [1.807, 2.05) is 17.1 Å². The zero-order chi connectivity index (χ0) is 9.10. The molecule has 2 heteroatoms. The monoisotopic (exact) mass is 176 g/mol. The van der Waals surface area contributed by atoms with Crippen LogP contribution in [0.2, 0.25) is 0 Å². The molecule has 0 aromatic heterocycles. The van der Waals surface area contributed by atoms with E-state index in [1.165, 1.54) is 0 Å². The van der Waals surface area contributed by atoms with Crippen molar-refractivity contribution >= 4 is 5.91 Å². The van der Waals surface area contributed by atoms with E-state index in [2.05, 4.69) is 12.5 Å². The number of allylic oxidation sites excluding steroid dienone is 3. The number of piperidine rings is 1. The van der Waals surface area contributed by atoms with Crippen LogP contribution in [0.15, 0.2) is 23.9 Å². The van der Waals surface area contributed by atoms with Crippen molar-refractivity contribution < 1.29 is 4.79 Å². The quantitative estimate of drug-likeness (QED) is 0.598. The van der Waals surface area contributed by atoms with Crippen LogP contribution in [-0.2, 0) is 4.79 Å². The Labute approximate surface area is 78.9 Å². The molecule has 0 atom stereocenters. The van der Waals surface area contributed by atoms with E-state index in [0.717, 1.165) is 37.9 Å². The van der Waals surface area contributed by atoms with Crippen molar-refractivity contribution in [3.05, 3.63) is 30.3 Å². The summed E-state index contributed by atoms with van der Waals surface area (Å²) in [5, 5.41) is 0. The fraction of sp³-hybridized carbons (Fsp3) is 0.455. The van der Waals surface area contributed by atoms with Gasteiger partial charge in [0.05, 0.1) is 0 Å². The van der Waals surface area contributed by atoms with Gasteiger partial charge >= 0.3 is 0 Å². The summed E-state index contributed by atoms with van der Waals surface area (Å²) in [6.45, 7) is 0.898. The van der Waals surface area contributed by atoms with Gasteiger partial charge in [-0.05, 0) is 31.8 Å². The molecule has 0 unspecified atom stereocenters. The molecule has 0 N–H and O–H groups in total. The van der Waals surface area contributed by atoms with Gasteiger partial charge in [0.15, 0.2) is 0 Å². The molecule has 2 rings (SSSR count). The van der Waals surface area contributed by atoms with Gasteiger partial charge in [0, 0.05) is 18.7 Å². The van der Waals surface area contributed by atoms with Crippen molar-refractivity contribution in [2.45, 2.75) is 25.7 Å². The summed E-state index contributed by atoms with van der Waals surface area (Å²) in [5.74, 6) is 0.282. The molecule has 0 saturated carbocycles. The molecular formula is C11H14NO. The molecule has 0 spiro atoms. The lowest BCUT2D eigenvalue weighted by Crippen LogP contribution is -2.34. The molecule has 0 aromatic rings. The Kier molecular flexibility index (Phi) is 2.48. The molecule has 1 aliphatic heterocycles. The standard InChI is InChI=1S/C11H14NO/c13-11-8-4-5-9-12(11)10-6-2-1-3-7-10/h1-2,6-7H,3-5,8-9H2. The van der Waals surface area contributed by atoms with Gasteiger partial charge < -0.3 is 4.90 Å². The van der Waals surface area contributed by atoms with E-state index in [0.29, 0.717) is 0 Å². The van der Waals surface area contributed by atoms with Gasteiger partial charge in [-0.1, -0.05) is 12.2 Å². The summed E-state index contributed by atoms with van der Waals surface area (Å²) in [6.07, 6.45) is 12.1. The number of carbonyl (C=O) groups excluding carboxylic acids is 1. The van der Waals surface area contributed by atoms with E-state index in [9.17, 15) is 4.79 Å². The Morgan fingerprint density at radius 3 is 2.92 bits per heavy atom. The molecule has 1 amide bonds. The maximum atomic E-state index is 11.5.